The van der Waals surface area contributed by atoms with Crippen LogP contribution >= 0.6 is 0 Å². The molecule has 0 saturated heterocycles. The quantitative estimate of drug-likeness (QED) is 0.501. The molecule has 0 spiro atoms. The number of carbonyl (C=O) groups excluding carboxylic acids is 1. The summed E-state index contributed by atoms with van der Waals surface area (Å²) in [6, 6.07) is 0. The van der Waals surface area contributed by atoms with E-state index in [4.69, 9.17) is 5.11 Å². The van der Waals surface area contributed by atoms with Crippen LogP contribution in [0.3, 0.4) is 0 Å². The number of hydrogen-bond donors (Lipinski definition) is 1. The lowest BCUT2D eigenvalue weighted by atomic mass is 9.98. The smallest absolute Gasteiger partial charge is 0.308 e. The van der Waals surface area contributed by atoms with Crippen molar-refractivity contribution in [3.8, 4) is 0 Å². The fraction of sp³-hybridized carbons (Fsp3) is 0.600. The summed E-state index contributed by atoms with van der Waals surface area (Å²) in [5.74, 6) is -1.39. The highest BCUT2D eigenvalue weighted by Gasteiger charge is 2.17. The molecule has 4 heteroatoms. The minimum Gasteiger partial charge on any atom is -0.481 e. The van der Waals surface area contributed by atoms with Crippen molar-refractivity contribution in [3.05, 3.63) is 12.7 Å². The van der Waals surface area contributed by atoms with Crippen LogP contribution < -0.4 is 0 Å². The molecule has 0 aliphatic rings. The van der Waals surface area contributed by atoms with Crippen LogP contribution in [-0.4, -0.2) is 24.2 Å². The second-order valence-corrected chi connectivity index (χ2v) is 3.03. The number of hydrogen-bond acceptors (Lipinski definition) is 3. The van der Waals surface area contributed by atoms with E-state index in [-0.39, 0.29) is 18.3 Å². The van der Waals surface area contributed by atoms with Gasteiger partial charge in [0.1, 0.15) is 0 Å². The van der Waals surface area contributed by atoms with Crippen LogP contribution in [0.4, 0.5) is 0 Å². The minimum absolute atomic E-state index is 0.0879. The Balaban J connectivity index is 3.90. The van der Waals surface area contributed by atoms with Crippen molar-refractivity contribution in [1.82, 2.24) is 0 Å². The Hall–Kier alpha value is -1.32. The predicted molar refractivity (Wildman–Crippen MR) is 51.8 cm³/mol. The van der Waals surface area contributed by atoms with E-state index in [2.05, 4.69) is 11.3 Å². The van der Waals surface area contributed by atoms with Gasteiger partial charge in [0.2, 0.25) is 0 Å². The lowest BCUT2D eigenvalue weighted by molar-refractivity contribution is -0.146. The average Bonchev–Trinajstić information content (AvgIpc) is 2.15. The number of carboxylic acid groups (broad SMARTS) is 1. The van der Waals surface area contributed by atoms with Crippen LogP contribution in [0, 0.1) is 5.92 Å². The molecular formula is C10H16O4. The summed E-state index contributed by atoms with van der Waals surface area (Å²) in [7, 11) is 1.33. The van der Waals surface area contributed by atoms with Gasteiger partial charge in [0.15, 0.2) is 0 Å². The van der Waals surface area contributed by atoms with Gasteiger partial charge >= 0.3 is 11.9 Å². The number of carbonyl (C=O) groups is 2. The van der Waals surface area contributed by atoms with E-state index in [9.17, 15) is 9.59 Å². The summed E-state index contributed by atoms with van der Waals surface area (Å²) in [6.07, 6.45) is 3.28. The highest BCUT2D eigenvalue weighted by molar-refractivity contribution is 5.72. The number of aliphatic carboxylic acids is 1. The largest absolute Gasteiger partial charge is 0.481 e. The average molecular weight is 200 g/mol. The molecular weight excluding hydrogens is 184 g/mol. The Morgan fingerprint density at radius 3 is 2.64 bits per heavy atom. The van der Waals surface area contributed by atoms with Gasteiger partial charge in [-0.15, -0.1) is 6.58 Å². The van der Waals surface area contributed by atoms with Crippen LogP contribution in [0.5, 0.6) is 0 Å². The number of allylic oxidation sites excluding steroid dienone is 1. The van der Waals surface area contributed by atoms with Crippen molar-refractivity contribution in [3.63, 3.8) is 0 Å². The van der Waals surface area contributed by atoms with Crippen LogP contribution in [0.1, 0.15) is 25.7 Å². The second-order valence-electron chi connectivity index (χ2n) is 3.03. The van der Waals surface area contributed by atoms with E-state index >= 15 is 0 Å². The van der Waals surface area contributed by atoms with E-state index < -0.39 is 5.97 Å². The normalized spacial score (nSPS) is 11.8. The van der Waals surface area contributed by atoms with Gasteiger partial charge in [0.05, 0.1) is 13.0 Å². The van der Waals surface area contributed by atoms with E-state index in [1.54, 1.807) is 6.08 Å². The van der Waals surface area contributed by atoms with Crippen LogP contribution in [0.2, 0.25) is 0 Å². The van der Waals surface area contributed by atoms with Crippen molar-refractivity contribution in [2.24, 2.45) is 5.92 Å². The monoisotopic (exact) mass is 200 g/mol. The SMILES string of the molecule is C=CCC(CCCC(=O)O)C(=O)OC. The first-order valence-corrected chi connectivity index (χ1v) is 4.52. The standard InChI is InChI=1S/C10H16O4/c1-3-5-8(10(13)14-2)6-4-7-9(11)12/h3,8H,1,4-7H2,2H3,(H,11,12). The lowest BCUT2D eigenvalue weighted by Crippen LogP contribution is -2.15. The lowest BCUT2D eigenvalue weighted by Gasteiger charge is -2.11. The number of rotatable bonds is 7. The molecule has 0 fully saturated rings. The third-order valence-corrected chi connectivity index (χ3v) is 1.93. The Labute approximate surface area is 83.6 Å². The first-order valence-electron chi connectivity index (χ1n) is 4.52. The Morgan fingerprint density at radius 2 is 2.21 bits per heavy atom. The molecule has 0 aromatic rings. The van der Waals surface area contributed by atoms with E-state index in [1.807, 2.05) is 0 Å². The Morgan fingerprint density at radius 1 is 1.57 bits per heavy atom. The summed E-state index contributed by atoms with van der Waals surface area (Å²) < 4.78 is 4.59. The topological polar surface area (TPSA) is 63.6 Å². The molecule has 80 valence electrons. The van der Waals surface area contributed by atoms with Crippen molar-refractivity contribution in [2.75, 3.05) is 7.11 Å². The molecule has 0 heterocycles. The van der Waals surface area contributed by atoms with E-state index in [1.165, 1.54) is 7.11 Å². The van der Waals surface area contributed by atoms with Crippen LogP contribution in [0.25, 0.3) is 0 Å². The molecule has 1 atom stereocenters. The van der Waals surface area contributed by atoms with E-state index in [0.717, 1.165) is 0 Å². The third-order valence-electron chi connectivity index (χ3n) is 1.93. The number of carboxylic acids is 1. The molecule has 0 aliphatic carbocycles. The summed E-state index contributed by atoms with van der Waals surface area (Å²) in [5, 5.41) is 8.42. The zero-order valence-corrected chi connectivity index (χ0v) is 8.36. The zero-order chi connectivity index (χ0) is 11.0. The maximum atomic E-state index is 11.2. The maximum absolute atomic E-state index is 11.2. The number of esters is 1. The molecule has 1 N–H and O–H groups in total. The van der Waals surface area contributed by atoms with Crippen LogP contribution in [-0.2, 0) is 14.3 Å². The number of ether oxygens (including phenoxy) is 1. The molecule has 0 amide bonds. The van der Waals surface area contributed by atoms with Crippen molar-refractivity contribution < 1.29 is 19.4 Å². The van der Waals surface area contributed by atoms with Crippen LogP contribution in [0.15, 0.2) is 12.7 Å². The van der Waals surface area contributed by atoms with Gasteiger partial charge < -0.3 is 9.84 Å². The van der Waals surface area contributed by atoms with Crippen molar-refractivity contribution >= 4 is 11.9 Å². The molecule has 0 aromatic heterocycles. The highest BCUT2D eigenvalue weighted by atomic mass is 16.5. The third kappa shape index (κ3) is 5.35. The first-order chi connectivity index (χ1) is 6.61. The van der Waals surface area contributed by atoms with Gasteiger partial charge in [0.25, 0.3) is 0 Å². The molecule has 0 saturated carbocycles. The van der Waals surface area contributed by atoms with Crippen molar-refractivity contribution in [2.45, 2.75) is 25.7 Å². The van der Waals surface area contributed by atoms with E-state index in [0.29, 0.717) is 19.3 Å². The minimum atomic E-state index is -0.841. The molecule has 1 unspecified atom stereocenters. The van der Waals surface area contributed by atoms with Gasteiger partial charge in [-0.25, -0.2) is 0 Å². The number of methoxy groups -OCH3 is 1. The summed E-state index contributed by atoms with van der Waals surface area (Å²) in [5.41, 5.74) is 0. The second kappa shape index (κ2) is 7.12. The van der Waals surface area contributed by atoms with Gasteiger partial charge in [-0.2, -0.15) is 0 Å². The molecule has 0 aliphatic heterocycles. The van der Waals surface area contributed by atoms with Gasteiger partial charge in [0, 0.05) is 6.42 Å². The molecule has 0 bridgehead atoms. The predicted octanol–water partition coefficient (Wildman–Crippen LogP) is 1.61. The van der Waals surface area contributed by atoms with Gasteiger partial charge in [-0.05, 0) is 19.3 Å². The molecule has 0 rings (SSSR count). The van der Waals surface area contributed by atoms with Crippen molar-refractivity contribution in [1.29, 1.82) is 0 Å². The first kappa shape index (κ1) is 12.7. The fourth-order valence-corrected chi connectivity index (χ4v) is 1.20. The highest BCUT2D eigenvalue weighted by Crippen LogP contribution is 2.14. The molecule has 0 aromatic carbocycles. The summed E-state index contributed by atoms with van der Waals surface area (Å²) in [6.45, 7) is 3.54. The Kier molecular flexibility index (Phi) is 6.45. The molecule has 4 nitrogen and oxygen atoms in total. The zero-order valence-electron chi connectivity index (χ0n) is 8.36. The maximum Gasteiger partial charge on any atom is 0.308 e. The summed E-state index contributed by atoms with van der Waals surface area (Å²) in [4.78, 5) is 21.4. The molecule has 14 heavy (non-hydrogen) atoms. The van der Waals surface area contributed by atoms with Gasteiger partial charge in [-0.1, -0.05) is 6.08 Å². The summed E-state index contributed by atoms with van der Waals surface area (Å²) >= 11 is 0. The Bertz CT molecular complexity index is 210. The van der Waals surface area contributed by atoms with Gasteiger partial charge in [-0.3, -0.25) is 9.59 Å². The fourth-order valence-electron chi connectivity index (χ4n) is 1.20. The molecule has 0 radical (unpaired) electrons.